The molecule has 0 atom stereocenters. The van der Waals surface area contributed by atoms with Crippen molar-refractivity contribution in [1.29, 1.82) is 0 Å². The predicted molar refractivity (Wildman–Crippen MR) is 156 cm³/mol. The lowest BCUT2D eigenvalue weighted by Gasteiger charge is -2.30. The van der Waals surface area contributed by atoms with Crippen molar-refractivity contribution in [3.63, 3.8) is 0 Å². The van der Waals surface area contributed by atoms with Crippen molar-refractivity contribution in [3.8, 4) is 11.1 Å². The second-order valence-corrected chi connectivity index (χ2v) is 10.00. The summed E-state index contributed by atoms with van der Waals surface area (Å²) >= 11 is 0. The molecule has 1 amide bonds. The molecule has 3 aromatic carbocycles. The number of ether oxygens (including phenoxy) is 1. The van der Waals surface area contributed by atoms with Gasteiger partial charge in [0, 0.05) is 31.4 Å². The van der Waals surface area contributed by atoms with E-state index in [1.807, 2.05) is 49.3 Å². The van der Waals surface area contributed by atoms with Gasteiger partial charge in [-0.25, -0.2) is 0 Å². The van der Waals surface area contributed by atoms with Gasteiger partial charge in [-0.05, 0) is 65.4 Å². The number of amides is 1. The fraction of sp³-hybridized carbons (Fsp3) is 0.303. The average Bonchev–Trinajstić information content (AvgIpc) is 2.95. The van der Waals surface area contributed by atoms with Gasteiger partial charge in [0.15, 0.2) is 0 Å². The van der Waals surface area contributed by atoms with Crippen molar-refractivity contribution in [2.24, 2.45) is 5.92 Å². The van der Waals surface area contributed by atoms with E-state index in [-0.39, 0.29) is 11.8 Å². The number of anilines is 2. The molecule has 3 aromatic rings. The fourth-order valence-corrected chi connectivity index (χ4v) is 4.86. The van der Waals surface area contributed by atoms with Crippen LogP contribution >= 0.6 is 0 Å². The molecule has 0 aromatic heterocycles. The Morgan fingerprint density at radius 1 is 0.919 bits per heavy atom. The van der Waals surface area contributed by atoms with Crippen molar-refractivity contribution in [2.45, 2.75) is 38.6 Å². The normalized spacial score (nSPS) is 13.9. The molecule has 0 N–H and O–H groups in total. The van der Waals surface area contributed by atoms with Gasteiger partial charge in [0.1, 0.15) is 5.76 Å². The highest BCUT2D eigenvalue weighted by molar-refractivity contribution is 5.95. The van der Waals surface area contributed by atoms with Crippen LogP contribution in [0.5, 0.6) is 0 Å². The van der Waals surface area contributed by atoms with Gasteiger partial charge in [0.2, 0.25) is 5.91 Å². The molecule has 1 fully saturated rings. The SMILES string of the molecule is C=C(/C=C/c1cccc(N(Cc2ccc(-c3ccc(N(C)C)cc3)cc2)C(=O)C2CCCCC2)c1)OC. The molecular formula is C33H38N2O2. The van der Waals surface area contributed by atoms with E-state index in [0.717, 1.165) is 42.5 Å². The quantitative estimate of drug-likeness (QED) is 0.226. The third kappa shape index (κ3) is 6.91. The fourth-order valence-electron chi connectivity index (χ4n) is 4.86. The van der Waals surface area contributed by atoms with Crippen LogP contribution in [0.3, 0.4) is 0 Å². The van der Waals surface area contributed by atoms with Crippen LogP contribution in [0.15, 0.2) is 91.2 Å². The van der Waals surface area contributed by atoms with Gasteiger partial charge >= 0.3 is 0 Å². The molecule has 0 spiro atoms. The standard InChI is InChI=1S/C33H38N2O2/c1-25(37-4)13-14-26-9-8-12-32(23-26)35(33(36)30-10-6-5-7-11-30)24-27-15-17-28(18-16-27)29-19-21-31(22-20-29)34(2)3/h8-9,12-23,30H,1,5-7,10-11,24H2,2-4H3/b14-13+. The lowest BCUT2D eigenvalue weighted by atomic mass is 9.88. The minimum absolute atomic E-state index is 0.0932. The number of benzene rings is 3. The second-order valence-electron chi connectivity index (χ2n) is 10.00. The van der Waals surface area contributed by atoms with E-state index in [0.29, 0.717) is 12.3 Å². The molecule has 0 aliphatic heterocycles. The molecule has 0 bridgehead atoms. The van der Waals surface area contributed by atoms with Crippen LogP contribution in [-0.2, 0) is 16.1 Å². The Morgan fingerprint density at radius 2 is 1.57 bits per heavy atom. The summed E-state index contributed by atoms with van der Waals surface area (Å²) in [4.78, 5) is 17.8. The van der Waals surface area contributed by atoms with Gasteiger partial charge < -0.3 is 14.5 Å². The molecule has 4 heteroatoms. The Kier molecular flexibility index (Phi) is 8.84. The highest BCUT2D eigenvalue weighted by atomic mass is 16.5. The zero-order valence-electron chi connectivity index (χ0n) is 22.3. The zero-order valence-corrected chi connectivity index (χ0v) is 22.3. The summed E-state index contributed by atoms with van der Waals surface area (Å²) in [6.45, 7) is 4.40. The second kappa shape index (κ2) is 12.4. The van der Waals surface area contributed by atoms with Crippen molar-refractivity contribution < 1.29 is 9.53 Å². The lowest BCUT2D eigenvalue weighted by molar-refractivity contribution is -0.123. The van der Waals surface area contributed by atoms with Crippen LogP contribution in [0.4, 0.5) is 11.4 Å². The van der Waals surface area contributed by atoms with Crippen LogP contribution in [-0.4, -0.2) is 27.1 Å². The van der Waals surface area contributed by atoms with Gasteiger partial charge in [-0.3, -0.25) is 4.79 Å². The summed E-state index contributed by atoms with van der Waals surface area (Å²) < 4.78 is 5.16. The Bertz CT molecular complexity index is 1220. The van der Waals surface area contributed by atoms with Crippen molar-refractivity contribution >= 4 is 23.4 Å². The number of rotatable bonds is 9. The Balaban J connectivity index is 1.58. The van der Waals surface area contributed by atoms with E-state index in [4.69, 9.17) is 4.74 Å². The topological polar surface area (TPSA) is 32.8 Å². The molecule has 192 valence electrons. The molecule has 0 saturated heterocycles. The number of carbonyl (C=O) groups excluding carboxylic acids is 1. The Labute approximate surface area is 221 Å². The van der Waals surface area contributed by atoms with E-state index < -0.39 is 0 Å². The lowest BCUT2D eigenvalue weighted by Crippen LogP contribution is -2.36. The van der Waals surface area contributed by atoms with E-state index in [2.05, 4.69) is 66.1 Å². The third-order valence-corrected chi connectivity index (χ3v) is 7.14. The van der Waals surface area contributed by atoms with E-state index in [1.54, 1.807) is 7.11 Å². The highest BCUT2D eigenvalue weighted by Crippen LogP contribution is 2.30. The summed E-state index contributed by atoms with van der Waals surface area (Å²) in [5, 5.41) is 0. The molecule has 4 nitrogen and oxygen atoms in total. The molecule has 37 heavy (non-hydrogen) atoms. The predicted octanol–water partition coefficient (Wildman–Crippen LogP) is 7.71. The number of carbonyl (C=O) groups is 1. The largest absolute Gasteiger partial charge is 0.497 e. The summed E-state index contributed by atoms with van der Waals surface area (Å²) in [7, 11) is 5.71. The van der Waals surface area contributed by atoms with E-state index in [9.17, 15) is 4.79 Å². The van der Waals surface area contributed by atoms with Gasteiger partial charge in [-0.1, -0.05) is 80.4 Å². The minimum Gasteiger partial charge on any atom is -0.497 e. The van der Waals surface area contributed by atoms with Crippen molar-refractivity contribution in [3.05, 3.63) is 102 Å². The molecule has 1 aliphatic carbocycles. The molecule has 1 aliphatic rings. The van der Waals surface area contributed by atoms with Gasteiger partial charge in [0.05, 0.1) is 13.7 Å². The van der Waals surface area contributed by atoms with Crippen LogP contribution in [0.2, 0.25) is 0 Å². The molecule has 0 radical (unpaired) electrons. The Morgan fingerprint density at radius 3 is 2.19 bits per heavy atom. The maximum absolute atomic E-state index is 13.8. The number of allylic oxidation sites excluding steroid dienone is 1. The maximum Gasteiger partial charge on any atom is 0.230 e. The number of hydrogen-bond donors (Lipinski definition) is 0. The summed E-state index contributed by atoms with van der Waals surface area (Å²) in [6, 6.07) is 25.3. The van der Waals surface area contributed by atoms with Crippen molar-refractivity contribution in [1.82, 2.24) is 0 Å². The number of hydrogen-bond acceptors (Lipinski definition) is 3. The first-order valence-electron chi connectivity index (χ1n) is 13.1. The monoisotopic (exact) mass is 494 g/mol. The number of methoxy groups -OCH3 is 1. The zero-order chi connectivity index (χ0) is 26.2. The molecule has 4 rings (SSSR count). The minimum atomic E-state index is 0.0932. The molecular weight excluding hydrogens is 456 g/mol. The third-order valence-electron chi connectivity index (χ3n) is 7.14. The van der Waals surface area contributed by atoms with Crippen LogP contribution in [0.1, 0.15) is 43.2 Å². The van der Waals surface area contributed by atoms with Crippen LogP contribution in [0, 0.1) is 5.92 Å². The van der Waals surface area contributed by atoms with Crippen LogP contribution < -0.4 is 9.80 Å². The first-order chi connectivity index (χ1) is 17.9. The average molecular weight is 495 g/mol. The summed E-state index contributed by atoms with van der Waals surface area (Å²) in [5.41, 5.74) is 6.58. The molecule has 0 unspecified atom stereocenters. The maximum atomic E-state index is 13.8. The van der Waals surface area contributed by atoms with Crippen molar-refractivity contribution in [2.75, 3.05) is 31.0 Å². The van der Waals surface area contributed by atoms with Gasteiger partial charge in [0.25, 0.3) is 0 Å². The highest BCUT2D eigenvalue weighted by Gasteiger charge is 2.27. The van der Waals surface area contributed by atoms with E-state index in [1.165, 1.54) is 23.2 Å². The number of nitrogens with zero attached hydrogens (tertiary/aromatic N) is 2. The molecule has 0 heterocycles. The first kappa shape index (κ1) is 26.3. The smallest absolute Gasteiger partial charge is 0.230 e. The summed E-state index contributed by atoms with van der Waals surface area (Å²) in [5.74, 6) is 0.915. The van der Waals surface area contributed by atoms with Gasteiger partial charge in [-0.2, -0.15) is 0 Å². The van der Waals surface area contributed by atoms with E-state index >= 15 is 0 Å². The van der Waals surface area contributed by atoms with Crippen LogP contribution in [0.25, 0.3) is 17.2 Å². The first-order valence-corrected chi connectivity index (χ1v) is 13.1. The van der Waals surface area contributed by atoms with Gasteiger partial charge in [-0.15, -0.1) is 0 Å². The molecule has 1 saturated carbocycles. The Hall–Kier alpha value is -3.79. The summed E-state index contributed by atoms with van der Waals surface area (Å²) in [6.07, 6.45) is 9.26.